The van der Waals surface area contributed by atoms with Crippen LogP contribution in [-0.4, -0.2) is 0 Å². The van der Waals surface area contributed by atoms with Crippen molar-refractivity contribution in [1.29, 1.82) is 0 Å². The predicted octanol–water partition coefficient (Wildman–Crippen LogP) is 7.26. The molecule has 0 aliphatic heterocycles. The van der Waals surface area contributed by atoms with Gasteiger partial charge in [0.1, 0.15) is 0 Å². The van der Waals surface area contributed by atoms with Crippen molar-refractivity contribution >= 4 is 0 Å². The Labute approximate surface area is 147 Å². The highest BCUT2D eigenvalue weighted by Gasteiger charge is 2.13. The molecule has 0 unspecified atom stereocenters. The van der Waals surface area contributed by atoms with Crippen LogP contribution in [-0.2, 0) is 5.41 Å². The highest BCUT2D eigenvalue weighted by molar-refractivity contribution is 5.70. The number of rotatable bonds is 2. The molecule has 0 radical (unpaired) electrons. The molecule has 24 heavy (non-hydrogen) atoms. The van der Waals surface area contributed by atoms with Crippen molar-refractivity contribution in [2.45, 2.75) is 40.5 Å². The summed E-state index contributed by atoms with van der Waals surface area (Å²) in [6.45, 7) is 8.86. The SMILES string of the molecule is C.Cc1ccc(-c2ccc(-c3ccc(C(C)(C)C)cc3)cc2)cc1. The molecule has 0 atom stereocenters. The molecule has 3 rings (SSSR count). The fourth-order valence-electron chi connectivity index (χ4n) is 2.76. The zero-order valence-electron chi connectivity index (χ0n) is 14.4. The van der Waals surface area contributed by atoms with Crippen LogP contribution >= 0.6 is 0 Å². The topological polar surface area (TPSA) is 0 Å². The van der Waals surface area contributed by atoms with E-state index < -0.39 is 0 Å². The lowest BCUT2D eigenvalue weighted by Gasteiger charge is -2.19. The minimum absolute atomic E-state index is 0. The minimum atomic E-state index is 0. The van der Waals surface area contributed by atoms with Crippen molar-refractivity contribution in [2.24, 2.45) is 0 Å². The molecule has 0 aliphatic rings. The molecule has 0 saturated carbocycles. The van der Waals surface area contributed by atoms with Crippen LogP contribution in [0.5, 0.6) is 0 Å². The Bertz CT molecular complexity index is 767. The molecular weight excluding hydrogens is 288 g/mol. The maximum atomic E-state index is 2.25. The van der Waals surface area contributed by atoms with E-state index in [0.717, 1.165) is 0 Å². The van der Waals surface area contributed by atoms with Gasteiger partial charge in [0.2, 0.25) is 0 Å². The average Bonchev–Trinajstić information content (AvgIpc) is 2.55. The first kappa shape index (κ1) is 18.0. The summed E-state index contributed by atoms with van der Waals surface area (Å²) in [5.74, 6) is 0. The number of aryl methyl sites for hydroxylation is 1. The molecule has 3 aromatic carbocycles. The predicted molar refractivity (Wildman–Crippen MR) is 107 cm³/mol. The summed E-state index contributed by atoms with van der Waals surface area (Å²) >= 11 is 0. The van der Waals surface area contributed by atoms with Crippen LogP contribution in [0.1, 0.15) is 39.3 Å². The van der Waals surface area contributed by atoms with Gasteiger partial charge in [0, 0.05) is 0 Å². The number of benzene rings is 3. The van der Waals surface area contributed by atoms with Crippen molar-refractivity contribution in [1.82, 2.24) is 0 Å². The Balaban J connectivity index is 0.00000208. The van der Waals surface area contributed by atoms with Gasteiger partial charge >= 0.3 is 0 Å². The van der Waals surface area contributed by atoms with Crippen molar-refractivity contribution in [2.75, 3.05) is 0 Å². The van der Waals surface area contributed by atoms with E-state index in [4.69, 9.17) is 0 Å². The van der Waals surface area contributed by atoms with Crippen LogP contribution in [0.2, 0.25) is 0 Å². The van der Waals surface area contributed by atoms with Crippen molar-refractivity contribution in [3.63, 3.8) is 0 Å². The van der Waals surface area contributed by atoms with Gasteiger partial charge < -0.3 is 0 Å². The van der Waals surface area contributed by atoms with E-state index in [0.29, 0.717) is 0 Å². The fourth-order valence-corrected chi connectivity index (χ4v) is 2.76. The van der Waals surface area contributed by atoms with Crippen LogP contribution < -0.4 is 0 Å². The van der Waals surface area contributed by atoms with E-state index in [1.807, 2.05) is 0 Å². The third kappa shape index (κ3) is 3.94. The largest absolute Gasteiger partial charge is 0.0776 e. The Kier molecular flexibility index (Phi) is 5.29. The van der Waals surface area contributed by atoms with Gasteiger partial charge in [-0.2, -0.15) is 0 Å². The van der Waals surface area contributed by atoms with E-state index >= 15 is 0 Å². The van der Waals surface area contributed by atoms with Crippen molar-refractivity contribution in [3.8, 4) is 22.3 Å². The zero-order valence-corrected chi connectivity index (χ0v) is 14.4. The summed E-state index contributed by atoms with van der Waals surface area (Å²) in [5, 5.41) is 0. The van der Waals surface area contributed by atoms with Crippen molar-refractivity contribution in [3.05, 3.63) is 83.9 Å². The zero-order chi connectivity index (χ0) is 16.4. The Morgan fingerprint density at radius 2 is 0.792 bits per heavy atom. The second-order valence-corrected chi connectivity index (χ2v) is 7.27. The van der Waals surface area contributed by atoms with Gasteiger partial charge in [0.15, 0.2) is 0 Å². The molecule has 0 amide bonds. The minimum Gasteiger partial charge on any atom is -0.0776 e. The Morgan fingerprint density at radius 1 is 0.500 bits per heavy atom. The second kappa shape index (κ2) is 7.05. The number of hydrogen-bond acceptors (Lipinski definition) is 0. The summed E-state index contributed by atoms with van der Waals surface area (Å²) in [7, 11) is 0. The lowest BCUT2D eigenvalue weighted by molar-refractivity contribution is 0.590. The molecule has 0 bridgehead atoms. The van der Waals surface area contributed by atoms with Gasteiger partial charge in [-0.15, -0.1) is 0 Å². The molecule has 0 aromatic heterocycles. The van der Waals surface area contributed by atoms with E-state index in [9.17, 15) is 0 Å². The van der Waals surface area contributed by atoms with E-state index in [1.165, 1.54) is 33.4 Å². The molecular formula is C24H28. The van der Waals surface area contributed by atoms with Crippen LogP contribution in [0.4, 0.5) is 0 Å². The molecule has 0 spiro atoms. The highest BCUT2D eigenvalue weighted by Crippen LogP contribution is 2.28. The second-order valence-electron chi connectivity index (χ2n) is 7.27. The molecule has 0 heteroatoms. The lowest BCUT2D eigenvalue weighted by Crippen LogP contribution is -2.10. The third-order valence-electron chi connectivity index (χ3n) is 4.35. The molecule has 3 aromatic rings. The molecule has 0 nitrogen and oxygen atoms in total. The maximum Gasteiger partial charge on any atom is -0.0132 e. The molecule has 0 saturated heterocycles. The van der Waals surface area contributed by atoms with Crippen molar-refractivity contribution < 1.29 is 0 Å². The van der Waals surface area contributed by atoms with Gasteiger partial charge in [-0.3, -0.25) is 0 Å². The summed E-state index contributed by atoms with van der Waals surface area (Å²) < 4.78 is 0. The van der Waals surface area contributed by atoms with Crippen LogP contribution in [0.25, 0.3) is 22.3 Å². The van der Waals surface area contributed by atoms with Crippen LogP contribution in [0.3, 0.4) is 0 Å². The van der Waals surface area contributed by atoms with E-state index in [1.54, 1.807) is 0 Å². The average molecular weight is 316 g/mol. The number of hydrogen-bond donors (Lipinski definition) is 0. The molecule has 0 fully saturated rings. The molecule has 0 heterocycles. The monoisotopic (exact) mass is 316 g/mol. The van der Waals surface area contributed by atoms with E-state index in [-0.39, 0.29) is 12.8 Å². The summed E-state index contributed by atoms with van der Waals surface area (Å²) in [6.07, 6.45) is 0. The molecule has 0 aliphatic carbocycles. The Morgan fingerprint density at radius 3 is 1.12 bits per heavy atom. The molecule has 0 N–H and O–H groups in total. The highest BCUT2D eigenvalue weighted by atomic mass is 14.2. The molecule has 124 valence electrons. The standard InChI is InChI=1S/C23H24.CH4/c1-17-5-7-18(8-6-17)19-9-11-20(12-10-19)21-13-15-22(16-14-21)23(2,3)4;/h5-16H,1-4H3;1H4. The van der Waals surface area contributed by atoms with Gasteiger partial charge in [0.25, 0.3) is 0 Å². The first-order chi connectivity index (χ1) is 10.9. The quantitative estimate of drug-likeness (QED) is 0.466. The van der Waals surface area contributed by atoms with Gasteiger partial charge in [-0.25, -0.2) is 0 Å². The lowest BCUT2D eigenvalue weighted by atomic mass is 9.86. The van der Waals surface area contributed by atoms with Gasteiger partial charge in [-0.1, -0.05) is 107 Å². The first-order valence-corrected chi connectivity index (χ1v) is 8.21. The Hall–Kier alpha value is -2.34. The summed E-state index contributed by atoms with van der Waals surface area (Å²) in [4.78, 5) is 0. The van der Waals surface area contributed by atoms with Gasteiger partial charge in [0.05, 0.1) is 0 Å². The summed E-state index contributed by atoms with van der Waals surface area (Å²) in [6, 6.07) is 26.4. The van der Waals surface area contributed by atoms with Gasteiger partial charge in [-0.05, 0) is 40.2 Å². The fraction of sp³-hybridized carbons (Fsp3) is 0.250. The third-order valence-corrected chi connectivity index (χ3v) is 4.35. The van der Waals surface area contributed by atoms with E-state index in [2.05, 4.69) is 100 Å². The smallest absolute Gasteiger partial charge is 0.0132 e. The summed E-state index contributed by atoms with van der Waals surface area (Å²) in [5.41, 5.74) is 7.94. The first-order valence-electron chi connectivity index (χ1n) is 8.21. The normalized spacial score (nSPS) is 11.0. The van der Waals surface area contributed by atoms with Crippen LogP contribution in [0.15, 0.2) is 72.8 Å². The van der Waals surface area contributed by atoms with Crippen LogP contribution in [0, 0.1) is 6.92 Å². The maximum absolute atomic E-state index is 2.25.